The van der Waals surface area contributed by atoms with Crippen LogP contribution >= 0.6 is 0 Å². The predicted molar refractivity (Wildman–Crippen MR) is 110 cm³/mol. The third-order valence-electron chi connectivity index (χ3n) is 5.35. The molecule has 1 amide bonds. The van der Waals surface area contributed by atoms with Gasteiger partial charge in [-0.2, -0.15) is 4.98 Å². The molecular formula is C22H23F2N5O2. The monoisotopic (exact) mass is 427 g/mol. The van der Waals surface area contributed by atoms with Gasteiger partial charge in [0.05, 0.1) is 11.5 Å². The Bertz CT molecular complexity index is 1070. The van der Waals surface area contributed by atoms with Crippen LogP contribution in [-0.2, 0) is 17.8 Å². The Labute approximate surface area is 178 Å². The molecule has 0 bridgehead atoms. The smallest absolute Gasteiger partial charge is 0.226 e. The average Bonchev–Trinajstić information content (AvgIpc) is 3.29. The van der Waals surface area contributed by atoms with E-state index in [4.69, 9.17) is 4.52 Å². The molecule has 0 aliphatic carbocycles. The van der Waals surface area contributed by atoms with Gasteiger partial charge in [0, 0.05) is 37.8 Å². The number of aryl methyl sites for hydroxylation is 1. The van der Waals surface area contributed by atoms with Gasteiger partial charge in [-0.05, 0) is 43.2 Å². The summed E-state index contributed by atoms with van der Waals surface area (Å²) >= 11 is 0. The van der Waals surface area contributed by atoms with E-state index in [2.05, 4.69) is 20.4 Å². The number of hydrogen-bond donors (Lipinski definition) is 1. The molecule has 1 unspecified atom stereocenters. The summed E-state index contributed by atoms with van der Waals surface area (Å²) in [5.74, 6) is 0.134. The summed E-state index contributed by atoms with van der Waals surface area (Å²) in [6.45, 7) is 3.08. The highest BCUT2D eigenvalue weighted by Crippen LogP contribution is 2.30. The number of nitrogens with zero attached hydrogens (tertiary/aromatic N) is 4. The lowest BCUT2D eigenvalue weighted by molar-refractivity contribution is -0.125. The Kier molecular flexibility index (Phi) is 6.20. The molecule has 1 aromatic carbocycles. The van der Waals surface area contributed by atoms with Crippen molar-refractivity contribution in [3.05, 3.63) is 59.6 Å². The largest absolute Gasteiger partial charge is 0.355 e. The van der Waals surface area contributed by atoms with Crippen molar-refractivity contribution in [2.75, 3.05) is 18.0 Å². The first kappa shape index (κ1) is 20.9. The zero-order valence-corrected chi connectivity index (χ0v) is 17.1. The fourth-order valence-electron chi connectivity index (χ4n) is 3.72. The summed E-state index contributed by atoms with van der Waals surface area (Å²) in [4.78, 5) is 23.7. The number of hydrogen-bond acceptors (Lipinski definition) is 6. The van der Waals surface area contributed by atoms with Gasteiger partial charge >= 0.3 is 0 Å². The van der Waals surface area contributed by atoms with Gasteiger partial charge in [0.15, 0.2) is 0 Å². The fraction of sp³-hybridized carbons (Fsp3) is 0.364. The number of benzene rings is 1. The maximum atomic E-state index is 13.8. The van der Waals surface area contributed by atoms with Crippen molar-refractivity contribution < 1.29 is 18.1 Å². The molecule has 1 fully saturated rings. The number of aromatic nitrogens is 3. The van der Waals surface area contributed by atoms with Crippen LogP contribution in [0.1, 0.15) is 31.2 Å². The van der Waals surface area contributed by atoms with Gasteiger partial charge < -0.3 is 14.7 Å². The second-order valence-corrected chi connectivity index (χ2v) is 7.48. The first-order valence-corrected chi connectivity index (χ1v) is 10.3. The zero-order chi connectivity index (χ0) is 21.8. The van der Waals surface area contributed by atoms with Crippen LogP contribution in [-0.4, -0.2) is 34.1 Å². The Morgan fingerprint density at radius 2 is 2.19 bits per heavy atom. The van der Waals surface area contributed by atoms with Gasteiger partial charge in [0.1, 0.15) is 17.5 Å². The number of carbonyl (C=O) groups excluding carboxylic acids is 1. The van der Waals surface area contributed by atoms with Crippen molar-refractivity contribution in [1.82, 2.24) is 20.4 Å². The minimum atomic E-state index is -0.545. The summed E-state index contributed by atoms with van der Waals surface area (Å²) in [6.07, 6.45) is 3.84. The van der Waals surface area contributed by atoms with Crippen LogP contribution in [0.25, 0.3) is 11.4 Å². The van der Waals surface area contributed by atoms with E-state index in [1.807, 2.05) is 24.0 Å². The third-order valence-corrected chi connectivity index (χ3v) is 5.35. The zero-order valence-electron chi connectivity index (χ0n) is 17.1. The molecule has 1 N–H and O–H groups in total. The molecule has 2 aromatic heterocycles. The van der Waals surface area contributed by atoms with Gasteiger partial charge in [-0.15, -0.1) is 0 Å². The maximum Gasteiger partial charge on any atom is 0.226 e. The van der Waals surface area contributed by atoms with E-state index < -0.39 is 11.6 Å². The molecule has 7 nitrogen and oxygen atoms in total. The Balaban J connectivity index is 1.46. The molecule has 162 valence electrons. The van der Waals surface area contributed by atoms with E-state index in [1.54, 1.807) is 6.20 Å². The van der Waals surface area contributed by atoms with Gasteiger partial charge in [-0.1, -0.05) is 12.1 Å². The van der Waals surface area contributed by atoms with Crippen LogP contribution in [0.3, 0.4) is 0 Å². The fourth-order valence-corrected chi connectivity index (χ4v) is 3.72. The second-order valence-electron chi connectivity index (χ2n) is 7.48. The maximum absolute atomic E-state index is 13.8. The third kappa shape index (κ3) is 4.70. The SMILES string of the molecule is CCc1nc(-c2cccnc2N2CCCC(C(=O)NCc3cc(F)ccc3F)C2)no1. The topological polar surface area (TPSA) is 84.2 Å². The Morgan fingerprint density at radius 1 is 1.32 bits per heavy atom. The van der Waals surface area contributed by atoms with Crippen LogP contribution < -0.4 is 10.2 Å². The molecule has 0 spiro atoms. The number of halogens is 2. The van der Waals surface area contributed by atoms with Crippen molar-refractivity contribution in [1.29, 1.82) is 0 Å². The van der Waals surface area contributed by atoms with Gasteiger partial charge in [-0.3, -0.25) is 4.79 Å². The molecule has 0 saturated carbocycles. The molecule has 1 aliphatic heterocycles. The molecule has 9 heteroatoms. The highest BCUT2D eigenvalue weighted by Gasteiger charge is 2.28. The lowest BCUT2D eigenvalue weighted by Gasteiger charge is -2.33. The van der Waals surface area contributed by atoms with Gasteiger partial charge in [0.2, 0.25) is 17.6 Å². The normalized spacial score (nSPS) is 16.4. The van der Waals surface area contributed by atoms with Crippen molar-refractivity contribution >= 4 is 11.7 Å². The highest BCUT2D eigenvalue weighted by atomic mass is 19.1. The van der Waals surface area contributed by atoms with Crippen molar-refractivity contribution in [3.8, 4) is 11.4 Å². The molecule has 4 rings (SSSR count). The summed E-state index contributed by atoms with van der Waals surface area (Å²) in [7, 11) is 0. The van der Waals surface area contributed by atoms with E-state index in [0.717, 1.165) is 36.7 Å². The van der Waals surface area contributed by atoms with Gasteiger partial charge in [0.25, 0.3) is 0 Å². The molecule has 1 saturated heterocycles. The summed E-state index contributed by atoms with van der Waals surface area (Å²) in [5, 5.41) is 6.78. The van der Waals surface area contributed by atoms with E-state index in [1.165, 1.54) is 0 Å². The first-order chi connectivity index (χ1) is 15.0. The summed E-state index contributed by atoms with van der Waals surface area (Å²) < 4.78 is 32.4. The van der Waals surface area contributed by atoms with Gasteiger partial charge in [-0.25, -0.2) is 13.8 Å². The molecule has 3 heterocycles. The second kappa shape index (κ2) is 9.20. The van der Waals surface area contributed by atoms with Crippen molar-refractivity contribution in [2.24, 2.45) is 5.92 Å². The quantitative estimate of drug-likeness (QED) is 0.648. The van der Waals surface area contributed by atoms with Crippen LogP contribution in [0.4, 0.5) is 14.6 Å². The number of nitrogens with one attached hydrogen (secondary N) is 1. The standard InChI is InChI=1S/C22H23F2N5O2/c1-2-19-27-20(28-31-19)17-6-3-9-25-21(17)29-10-4-5-14(13-29)22(30)26-12-15-11-16(23)7-8-18(15)24/h3,6-9,11,14H,2,4-5,10,12-13H2,1H3,(H,26,30). The van der Waals surface area contributed by atoms with E-state index in [0.29, 0.717) is 36.9 Å². The Morgan fingerprint density at radius 3 is 3.00 bits per heavy atom. The first-order valence-electron chi connectivity index (χ1n) is 10.3. The van der Waals surface area contributed by atoms with Crippen LogP contribution in [0.15, 0.2) is 41.1 Å². The lowest BCUT2D eigenvalue weighted by Crippen LogP contribution is -2.43. The molecule has 0 radical (unpaired) electrons. The van der Waals surface area contributed by atoms with Crippen molar-refractivity contribution in [2.45, 2.75) is 32.7 Å². The van der Waals surface area contributed by atoms with Crippen LogP contribution in [0.5, 0.6) is 0 Å². The number of piperidine rings is 1. The minimum Gasteiger partial charge on any atom is -0.355 e. The van der Waals surface area contributed by atoms with E-state index in [9.17, 15) is 13.6 Å². The van der Waals surface area contributed by atoms with Crippen LogP contribution in [0.2, 0.25) is 0 Å². The lowest BCUT2D eigenvalue weighted by atomic mass is 9.96. The predicted octanol–water partition coefficient (Wildman–Crippen LogP) is 3.51. The number of rotatable bonds is 6. The molecule has 1 aliphatic rings. The minimum absolute atomic E-state index is 0.0591. The summed E-state index contributed by atoms with van der Waals surface area (Å²) in [6, 6.07) is 6.89. The molecule has 1 atom stereocenters. The Hall–Kier alpha value is -3.36. The average molecular weight is 427 g/mol. The van der Waals surface area contributed by atoms with E-state index in [-0.39, 0.29) is 23.9 Å². The highest BCUT2D eigenvalue weighted by molar-refractivity contribution is 5.80. The van der Waals surface area contributed by atoms with Crippen molar-refractivity contribution in [3.63, 3.8) is 0 Å². The number of pyridine rings is 1. The molecular weight excluding hydrogens is 404 g/mol. The number of carbonyl (C=O) groups is 1. The summed E-state index contributed by atoms with van der Waals surface area (Å²) in [5.41, 5.74) is 0.866. The van der Waals surface area contributed by atoms with Crippen LogP contribution in [0, 0.1) is 17.6 Å². The molecule has 3 aromatic rings. The molecule has 31 heavy (non-hydrogen) atoms. The number of anilines is 1. The number of amides is 1. The van der Waals surface area contributed by atoms with E-state index >= 15 is 0 Å².